The lowest BCUT2D eigenvalue weighted by Gasteiger charge is -2.07. The van der Waals surface area contributed by atoms with Gasteiger partial charge in [0, 0.05) is 23.2 Å². The molecule has 6 heteroatoms. The summed E-state index contributed by atoms with van der Waals surface area (Å²) in [6.45, 7) is 4.33. The zero-order chi connectivity index (χ0) is 16.8. The zero-order valence-corrected chi connectivity index (χ0v) is 14.1. The number of hydrogen-bond acceptors (Lipinski definition) is 4. The predicted molar refractivity (Wildman–Crippen MR) is 90.3 cm³/mol. The number of carboxylic acid groups (broad SMARTS) is 1. The van der Waals surface area contributed by atoms with Crippen molar-refractivity contribution >= 4 is 23.2 Å². The second kappa shape index (κ2) is 7.87. The molecule has 0 bridgehead atoms. The van der Waals surface area contributed by atoms with Gasteiger partial charge in [0.05, 0.1) is 10.6 Å². The summed E-state index contributed by atoms with van der Waals surface area (Å²) in [5, 5.41) is 15.0. The van der Waals surface area contributed by atoms with Crippen molar-refractivity contribution in [2.45, 2.75) is 33.1 Å². The molecule has 2 aromatic rings. The number of thiazole rings is 1. The Morgan fingerprint density at radius 2 is 1.91 bits per heavy atom. The molecule has 5 nitrogen and oxygen atoms in total. The molecule has 23 heavy (non-hydrogen) atoms. The standard InChI is InChI=1S/C17H20N2O3S/c1-11-7-13(9-14(8-11)17(21)22)16(20)18-6-4-3-5-15-19-12(2)10-23-15/h7-10H,3-6H2,1-2H3,(H,18,20)(H,21,22). The number of aromatic carboxylic acids is 1. The third-order valence-electron chi connectivity index (χ3n) is 3.36. The van der Waals surface area contributed by atoms with Gasteiger partial charge in [-0.05, 0) is 56.9 Å². The number of aryl methyl sites for hydroxylation is 3. The lowest BCUT2D eigenvalue weighted by molar-refractivity contribution is 0.0696. The summed E-state index contributed by atoms with van der Waals surface area (Å²) in [4.78, 5) is 27.5. The molecular weight excluding hydrogens is 312 g/mol. The molecule has 0 fully saturated rings. The van der Waals surface area contributed by atoms with E-state index in [1.165, 1.54) is 6.07 Å². The average Bonchev–Trinajstić information content (AvgIpc) is 2.91. The molecule has 0 saturated carbocycles. The highest BCUT2D eigenvalue weighted by atomic mass is 32.1. The van der Waals surface area contributed by atoms with Crippen molar-refractivity contribution in [3.63, 3.8) is 0 Å². The van der Waals surface area contributed by atoms with Crippen LogP contribution in [0.3, 0.4) is 0 Å². The Hall–Kier alpha value is -2.21. The number of carbonyl (C=O) groups is 2. The van der Waals surface area contributed by atoms with Crippen LogP contribution in [0.25, 0.3) is 0 Å². The minimum Gasteiger partial charge on any atom is -0.478 e. The smallest absolute Gasteiger partial charge is 0.335 e. The van der Waals surface area contributed by atoms with Gasteiger partial charge in [0.25, 0.3) is 5.91 Å². The molecule has 0 saturated heterocycles. The Morgan fingerprint density at radius 3 is 2.57 bits per heavy atom. The number of nitrogens with zero attached hydrogens (tertiary/aromatic N) is 1. The Bertz CT molecular complexity index is 710. The summed E-state index contributed by atoms with van der Waals surface area (Å²) < 4.78 is 0. The molecule has 0 spiro atoms. The second-order valence-corrected chi connectivity index (χ2v) is 6.43. The number of hydrogen-bond donors (Lipinski definition) is 2. The highest BCUT2D eigenvalue weighted by Gasteiger charge is 2.10. The molecule has 0 aliphatic carbocycles. The van der Waals surface area contributed by atoms with Crippen LogP contribution in [0.1, 0.15) is 49.8 Å². The second-order valence-electron chi connectivity index (χ2n) is 5.49. The summed E-state index contributed by atoms with van der Waals surface area (Å²) in [7, 11) is 0. The molecular formula is C17H20N2O3S. The third kappa shape index (κ3) is 5.17. The minimum atomic E-state index is -1.03. The van der Waals surface area contributed by atoms with Crippen LogP contribution < -0.4 is 5.32 Å². The van der Waals surface area contributed by atoms with Gasteiger partial charge in [0.1, 0.15) is 0 Å². The first-order chi connectivity index (χ1) is 11.0. The maximum Gasteiger partial charge on any atom is 0.335 e. The Kier molecular flexibility index (Phi) is 5.87. The highest BCUT2D eigenvalue weighted by Crippen LogP contribution is 2.12. The molecule has 0 unspecified atom stereocenters. The van der Waals surface area contributed by atoms with Gasteiger partial charge >= 0.3 is 5.97 Å². The number of aromatic nitrogens is 1. The third-order valence-corrected chi connectivity index (χ3v) is 4.38. The number of carboxylic acids is 1. The molecule has 2 N–H and O–H groups in total. The highest BCUT2D eigenvalue weighted by molar-refractivity contribution is 7.09. The van der Waals surface area contributed by atoms with Crippen molar-refractivity contribution in [2.75, 3.05) is 6.54 Å². The van der Waals surface area contributed by atoms with Gasteiger partial charge < -0.3 is 10.4 Å². The summed E-state index contributed by atoms with van der Waals surface area (Å²) in [5.41, 5.74) is 2.33. The lowest BCUT2D eigenvalue weighted by atomic mass is 10.1. The van der Waals surface area contributed by atoms with Crippen LogP contribution in [0, 0.1) is 13.8 Å². The van der Waals surface area contributed by atoms with Crippen LogP contribution in [-0.2, 0) is 6.42 Å². The fraction of sp³-hybridized carbons (Fsp3) is 0.353. The van der Waals surface area contributed by atoms with Gasteiger partial charge in [-0.2, -0.15) is 0 Å². The number of nitrogens with one attached hydrogen (secondary N) is 1. The van der Waals surface area contributed by atoms with Gasteiger partial charge in [-0.25, -0.2) is 9.78 Å². The lowest BCUT2D eigenvalue weighted by Crippen LogP contribution is -2.25. The molecule has 0 radical (unpaired) electrons. The molecule has 1 amide bonds. The summed E-state index contributed by atoms with van der Waals surface area (Å²) in [6, 6.07) is 4.65. The first kappa shape index (κ1) is 17.1. The van der Waals surface area contributed by atoms with E-state index in [1.807, 2.05) is 12.3 Å². The average molecular weight is 332 g/mol. The van der Waals surface area contributed by atoms with E-state index in [9.17, 15) is 9.59 Å². The van der Waals surface area contributed by atoms with Crippen LogP contribution in [0.4, 0.5) is 0 Å². The summed E-state index contributed by atoms with van der Waals surface area (Å²) in [5.74, 6) is -1.26. The van der Waals surface area contributed by atoms with Crippen LogP contribution in [0.2, 0.25) is 0 Å². The first-order valence-corrected chi connectivity index (χ1v) is 8.38. The normalized spacial score (nSPS) is 10.5. The van der Waals surface area contributed by atoms with Crippen molar-refractivity contribution in [1.29, 1.82) is 0 Å². The van der Waals surface area contributed by atoms with E-state index < -0.39 is 5.97 Å². The van der Waals surface area contributed by atoms with E-state index in [0.717, 1.165) is 35.5 Å². The van der Waals surface area contributed by atoms with Crippen molar-refractivity contribution in [3.8, 4) is 0 Å². The van der Waals surface area contributed by atoms with Gasteiger partial charge in [0.2, 0.25) is 0 Å². The largest absolute Gasteiger partial charge is 0.478 e. The molecule has 0 aliphatic heterocycles. The molecule has 0 atom stereocenters. The van der Waals surface area contributed by atoms with E-state index in [1.54, 1.807) is 30.4 Å². The van der Waals surface area contributed by atoms with Gasteiger partial charge in [-0.1, -0.05) is 0 Å². The van der Waals surface area contributed by atoms with Crippen molar-refractivity contribution in [1.82, 2.24) is 10.3 Å². The number of amides is 1. The Morgan fingerprint density at radius 1 is 1.17 bits per heavy atom. The van der Waals surface area contributed by atoms with Crippen LogP contribution in [0.5, 0.6) is 0 Å². The number of rotatable bonds is 7. The number of carbonyl (C=O) groups excluding carboxylic acids is 1. The van der Waals surface area contributed by atoms with Crippen LogP contribution >= 0.6 is 11.3 Å². The first-order valence-electron chi connectivity index (χ1n) is 7.50. The van der Waals surface area contributed by atoms with Crippen LogP contribution in [-0.4, -0.2) is 28.5 Å². The molecule has 122 valence electrons. The monoisotopic (exact) mass is 332 g/mol. The molecule has 1 heterocycles. The quantitative estimate of drug-likeness (QED) is 0.763. The van der Waals surface area contributed by atoms with E-state index in [2.05, 4.69) is 10.3 Å². The fourth-order valence-corrected chi connectivity index (χ4v) is 3.08. The molecule has 0 aliphatic rings. The van der Waals surface area contributed by atoms with Gasteiger partial charge in [-0.15, -0.1) is 11.3 Å². The fourth-order valence-electron chi connectivity index (χ4n) is 2.26. The molecule has 2 rings (SSSR count). The molecule has 1 aromatic heterocycles. The van der Waals surface area contributed by atoms with Crippen molar-refractivity contribution < 1.29 is 14.7 Å². The predicted octanol–water partition coefficient (Wildman–Crippen LogP) is 3.21. The summed E-state index contributed by atoms with van der Waals surface area (Å²) >= 11 is 1.66. The van der Waals surface area contributed by atoms with Crippen LogP contribution in [0.15, 0.2) is 23.6 Å². The number of unbranched alkanes of at least 4 members (excludes halogenated alkanes) is 1. The maximum atomic E-state index is 12.1. The topological polar surface area (TPSA) is 79.3 Å². The maximum absolute atomic E-state index is 12.1. The van der Waals surface area contributed by atoms with Crippen molar-refractivity contribution in [3.05, 3.63) is 51.0 Å². The summed E-state index contributed by atoms with van der Waals surface area (Å²) in [6.07, 6.45) is 2.74. The number of benzene rings is 1. The Balaban J connectivity index is 1.79. The zero-order valence-electron chi connectivity index (χ0n) is 13.3. The van der Waals surface area contributed by atoms with Crippen molar-refractivity contribution in [2.24, 2.45) is 0 Å². The minimum absolute atomic E-state index is 0.134. The van der Waals surface area contributed by atoms with E-state index >= 15 is 0 Å². The van der Waals surface area contributed by atoms with E-state index in [-0.39, 0.29) is 11.5 Å². The molecule has 1 aromatic carbocycles. The van der Waals surface area contributed by atoms with Gasteiger partial charge in [-0.3, -0.25) is 4.79 Å². The van der Waals surface area contributed by atoms with E-state index in [0.29, 0.717) is 12.1 Å². The van der Waals surface area contributed by atoms with Gasteiger partial charge in [0.15, 0.2) is 0 Å². The SMILES string of the molecule is Cc1cc(C(=O)O)cc(C(=O)NCCCCc2nc(C)cs2)c1. The Labute approximate surface area is 139 Å². The van der Waals surface area contributed by atoms with E-state index in [4.69, 9.17) is 5.11 Å².